The van der Waals surface area contributed by atoms with Gasteiger partial charge in [-0.1, -0.05) is 111 Å². The first-order chi connectivity index (χ1) is 38.5. The van der Waals surface area contributed by atoms with E-state index in [9.17, 15) is 28.0 Å². The van der Waals surface area contributed by atoms with Gasteiger partial charge in [0.1, 0.15) is 22.8 Å². The van der Waals surface area contributed by atoms with E-state index in [1.165, 1.54) is 41.2 Å². The van der Waals surface area contributed by atoms with Crippen LogP contribution in [0.4, 0.5) is 17.6 Å². The topological polar surface area (TPSA) is 177 Å². The van der Waals surface area contributed by atoms with E-state index in [1.54, 1.807) is 12.1 Å². The summed E-state index contributed by atoms with van der Waals surface area (Å²) in [6.45, 7) is 23.2. The van der Waals surface area contributed by atoms with Crippen LogP contribution in [0.5, 0.6) is 0 Å². The Balaban J connectivity index is 0.000000278. The molecule has 8 fully saturated rings. The molecule has 4 aromatic rings. The predicted octanol–water partition coefficient (Wildman–Crippen LogP) is 1.11. The molecule has 0 saturated heterocycles. The van der Waals surface area contributed by atoms with Crippen molar-refractivity contribution in [3.63, 3.8) is 0 Å². The van der Waals surface area contributed by atoms with E-state index >= 15 is 8.78 Å². The summed E-state index contributed by atoms with van der Waals surface area (Å²) in [5, 5.41) is 6.88. The second-order valence-electron chi connectivity index (χ2n) is 26.3. The number of hydrogen-bond acceptors (Lipinski definition) is 13. The number of benzene rings is 4. The molecule has 8 aliphatic carbocycles. The predicted molar refractivity (Wildman–Crippen MR) is 297 cm³/mol. The van der Waals surface area contributed by atoms with Gasteiger partial charge in [0.2, 0.25) is 5.97 Å². The van der Waals surface area contributed by atoms with E-state index in [0.29, 0.717) is 50.0 Å². The summed E-state index contributed by atoms with van der Waals surface area (Å²) in [6, 6.07) is 34.6. The van der Waals surface area contributed by atoms with Gasteiger partial charge in [-0.05, 0) is 177 Å². The van der Waals surface area contributed by atoms with Crippen LogP contribution in [0.15, 0.2) is 97.1 Å². The van der Waals surface area contributed by atoms with Crippen molar-refractivity contribution in [2.45, 2.75) is 180 Å². The number of hydrogen-bond donors (Lipinski definition) is 1. The largest absolute Gasteiger partial charge is 1.00 e. The number of Topliss-reactive ketones (excluding diaryl/α,β-unsaturated/α-hetero) is 2. The van der Waals surface area contributed by atoms with Crippen molar-refractivity contribution >= 4 is 47.0 Å². The van der Waals surface area contributed by atoms with Crippen molar-refractivity contribution in [1.82, 2.24) is 0 Å². The molecule has 462 valence electrons. The van der Waals surface area contributed by atoms with Crippen molar-refractivity contribution in [1.29, 1.82) is 0 Å². The van der Waals surface area contributed by atoms with Gasteiger partial charge < -0.3 is 52.6 Å². The zero-order chi connectivity index (χ0) is 61.7. The molecule has 0 radical (unpaired) electrons. The average Bonchev–Trinajstić information content (AvgIpc) is 1.83. The molecular weight excluding hydrogens is 1400 g/mol. The number of halogens is 7. The number of carbonyl (C=O) groups is 4. The summed E-state index contributed by atoms with van der Waals surface area (Å²) in [7, 11) is -3.11. The van der Waals surface area contributed by atoms with Crippen LogP contribution in [0.25, 0.3) is 0 Å². The van der Waals surface area contributed by atoms with Crippen molar-refractivity contribution in [2.75, 3.05) is 0 Å². The number of ether oxygens (including phenoxy) is 3. The number of ketones is 2. The molecule has 8 aliphatic rings. The number of alkyl halides is 2. The van der Waals surface area contributed by atoms with Gasteiger partial charge in [-0.3, -0.25) is 19.6 Å². The Labute approximate surface area is 554 Å². The molecular formula is C63H76ClF4I2NaO12S2. The number of carbonyl (C=O) groups excluding carboxylic acids is 4. The fourth-order valence-electron chi connectivity index (χ4n) is 12.7. The molecule has 4 atom stereocenters. The maximum Gasteiger partial charge on any atom is 1.00 e. The number of rotatable bonds is 11. The van der Waals surface area contributed by atoms with Gasteiger partial charge in [0.25, 0.3) is 0 Å². The average molecular weight is 1480 g/mol. The van der Waals surface area contributed by atoms with Gasteiger partial charge in [0.15, 0.2) is 14.3 Å². The van der Waals surface area contributed by atoms with Crippen LogP contribution in [0.3, 0.4) is 0 Å². The molecule has 1 N–H and O–H groups in total. The Bertz CT molecular complexity index is 2930. The fourth-order valence-corrected chi connectivity index (χ4v) is 17.0. The minimum atomic E-state index is -4.10. The molecule has 0 aromatic heterocycles. The van der Waals surface area contributed by atoms with Crippen LogP contribution in [-0.2, 0) is 83.1 Å². The van der Waals surface area contributed by atoms with Crippen molar-refractivity contribution in [3.05, 3.63) is 140 Å². The van der Waals surface area contributed by atoms with Gasteiger partial charge in [-0.2, -0.15) is 8.78 Å². The molecule has 8 saturated carbocycles. The van der Waals surface area contributed by atoms with E-state index in [1.807, 2.05) is 12.1 Å². The van der Waals surface area contributed by atoms with Crippen LogP contribution >= 0.6 is 0 Å². The molecule has 22 heteroatoms. The Morgan fingerprint density at radius 1 is 0.541 bits per heavy atom. The quantitative estimate of drug-likeness (QED) is 0.0331. The van der Waals surface area contributed by atoms with E-state index < -0.39 is 73.1 Å². The summed E-state index contributed by atoms with van der Waals surface area (Å²) in [5.74, 6) is -2.56. The minimum Gasteiger partial charge on any atom is -1.00 e. The van der Waals surface area contributed by atoms with Crippen LogP contribution in [0.1, 0.15) is 163 Å². The molecule has 4 aromatic carbocycles. The molecule has 0 spiro atoms. The van der Waals surface area contributed by atoms with E-state index in [-0.39, 0.29) is 121 Å². The first kappa shape index (κ1) is 74.8. The number of esters is 2. The molecule has 12 rings (SSSR count). The van der Waals surface area contributed by atoms with Gasteiger partial charge in [-0.15, -0.1) is 12.6 Å². The van der Waals surface area contributed by atoms with Gasteiger partial charge in [0, 0.05) is 30.1 Å². The molecule has 0 heterocycles. The second kappa shape index (κ2) is 30.4. The second-order valence-corrected chi connectivity index (χ2v) is 32.9. The van der Waals surface area contributed by atoms with Gasteiger partial charge >= 0.3 is 94.7 Å². The summed E-state index contributed by atoms with van der Waals surface area (Å²) < 4.78 is 104. The molecule has 4 unspecified atom stereocenters. The monoisotopic (exact) mass is 1480 g/mol. The summed E-state index contributed by atoms with van der Waals surface area (Å²) >= 11 is 2.96. The summed E-state index contributed by atoms with van der Waals surface area (Å²) in [4.78, 5) is 48.0. The molecule has 85 heavy (non-hydrogen) atoms. The first-order valence-corrected chi connectivity index (χ1v) is 33.3. The molecule has 0 amide bonds. The van der Waals surface area contributed by atoms with Gasteiger partial charge in [0.05, 0.1) is 5.60 Å². The summed E-state index contributed by atoms with van der Waals surface area (Å²) in [6.07, 6.45) is -0.341. The smallest absolute Gasteiger partial charge is 1.00 e. The maximum absolute atomic E-state index is 15.1. The Morgan fingerprint density at radius 3 is 1.06 bits per heavy atom. The Morgan fingerprint density at radius 2 is 0.800 bits per heavy atom. The molecule has 12 nitrogen and oxygen atoms in total. The van der Waals surface area contributed by atoms with Crippen LogP contribution in [0.2, 0.25) is 0 Å². The first-order valence-electron chi connectivity index (χ1n) is 27.7. The van der Waals surface area contributed by atoms with Crippen molar-refractivity contribution in [2.24, 2.45) is 35.5 Å². The van der Waals surface area contributed by atoms with Crippen molar-refractivity contribution < 1.29 is 158 Å². The third kappa shape index (κ3) is 20.7. The maximum atomic E-state index is 15.1. The Kier molecular flexibility index (Phi) is 26.8. The van der Waals surface area contributed by atoms with Crippen LogP contribution < -0.4 is 84.4 Å². The zero-order valence-corrected chi connectivity index (χ0v) is 58.9. The molecule has 8 bridgehead atoms. The van der Waals surface area contributed by atoms with Gasteiger partial charge in [-0.25, -0.2) is 4.79 Å². The van der Waals surface area contributed by atoms with Crippen LogP contribution in [-0.4, -0.2) is 58.7 Å². The van der Waals surface area contributed by atoms with E-state index in [4.69, 9.17) is 32.1 Å². The third-order valence-corrected chi connectivity index (χ3v) is 21.7. The van der Waals surface area contributed by atoms with E-state index in [0.717, 1.165) is 29.3 Å². The standard InChI is InChI=1S/C31H36F2IO4.C20H26I.C12H13F2O3.ClH.Na.O3S.H2O2S/c1-28(2,3)22-6-10-24(11-7-22)34-25-12-8-23(9-13-25)29(4,5)38-31(32,33)27(36)37-30-16-19-14-20(17-30)26(35)21(15-19)18-30;1-19(2,3)15-7-11-17(12-8-15)21-18-13-9-16(10-14-18)20(4,5)6;13-10(14)11(16)17-12-3-6-1-7(4-12)9(15)8(2-6)5-12;;;1-4(2)3;1-2-3/h6-13,19-21H,14-18H2,1-5H3;7-14H,1-6H3;6-8H,1-5H2;1H;;;1,3H/q2*+1;-1;;+1;;/p-2. The molecule has 0 aliphatic heterocycles. The van der Waals surface area contributed by atoms with E-state index in [2.05, 4.69) is 152 Å². The third-order valence-electron chi connectivity index (χ3n) is 16.4. The summed E-state index contributed by atoms with van der Waals surface area (Å²) in [5.41, 5.74) is 2.10. The normalized spacial score (nSPS) is 24.2. The minimum absolute atomic E-state index is 0. The fraction of sp³-hybridized carbons (Fsp3) is 0.540. The SMILES string of the molecule is CC(C)(C)c1ccc([I+]c2ccc(C(C)(C)C)cc2)cc1.CC(C)(C)c1ccc([I+]c2ccc(C(C)(C)OC(F)(F)C(=O)OC34CC5CC(C3)C(=O)C(C5)C4)cc2)cc1.O=C(OC12CC3CC(C1)C(=O)C(C3)C2)[C-](F)F.O=S(=O)=O.OO[S-].[Cl-].[Na+]. The Hall–Kier alpha value is -2.65. The van der Waals surface area contributed by atoms with Crippen molar-refractivity contribution in [3.8, 4) is 0 Å². The zero-order valence-electron chi connectivity index (χ0n) is 50.2. The van der Waals surface area contributed by atoms with Crippen LogP contribution in [0, 0.1) is 56.2 Å².